The lowest BCUT2D eigenvalue weighted by atomic mass is 10.2. The second kappa shape index (κ2) is 8.23. The summed E-state index contributed by atoms with van der Waals surface area (Å²) < 4.78 is 13.1. The van der Waals surface area contributed by atoms with Crippen molar-refractivity contribution in [3.8, 4) is 0 Å². The monoisotopic (exact) mass is 327 g/mol. The van der Waals surface area contributed by atoms with Crippen molar-refractivity contribution in [2.24, 2.45) is 0 Å². The molecule has 6 nitrogen and oxygen atoms in total. The molecule has 0 bridgehead atoms. The first-order chi connectivity index (χ1) is 10.0. The Balaban J connectivity index is 0.00000242. The first kappa shape index (κ1) is 17.8. The van der Waals surface area contributed by atoms with Gasteiger partial charge in [-0.05, 0) is 37.5 Å². The number of benzene rings is 1. The zero-order valence-electron chi connectivity index (χ0n) is 12.1. The Hall–Kier alpha value is -2.28. The average molecular weight is 328 g/mol. The molecule has 0 atom stereocenters. The first-order valence-electron chi connectivity index (χ1n) is 6.65. The second-order valence-corrected chi connectivity index (χ2v) is 4.74. The molecule has 0 saturated carbocycles. The third kappa shape index (κ3) is 5.25. The van der Waals surface area contributed by atoms with Gasteiger partial charge in [0, 0.05) is 17.9 Å². The van der Waals surface area contributed by atoms with E-state index < -0.39 is 0 Å². The number of imidazole rings is 1. The highest BCUT2D eigenvalue weighted by molar-refractivity contribution is 5.90. The largest absolute Gasteiger partial charge is 0.369 e. The highest BCUT2D eigenvalue weighted by Crippen LogP contribution is 2.15. The Kier molecular flexibility index (Phi) is 6.65. The summed E-state index contributed by atoms with van der Waals surface area (Å²) in [6, 6.07) is 3.91. The van der Waals surface area contributed by atoms with Crippen LogP contribution in [0.3, 0.4) is 0 Å². The molecular weight excluding hydrogens is 309 g/mol. The van der Waals surface area contributed by atoms with E-state index in [0.717, 1.165) is 24.1 Å². The van der Waals surface area contributed by atoms with Crippen molar-refractivity contribution in [1.82, 2.24) is 15.3 Å². The van der Waals surface area contributed by atoms with Crippen LogP contribution >= 0.6 is 12.4 Å². The molecular formula is C14H19ClFN5O. The summed E-state index contributed by atoms with van der Waals surface area (Å²) in [5.41, 5.74) is 7.66. The summed E-state index contributed by atoms with van der Waals surface area (Å²) in [6.07, 6.45) is 3.16. The summed E-state index contributed by atoms with van der Waals surface area (Å²) in [7, 11) is 0. The lowest BCUT2D eigenvalue weighted by Gasteiger charge is -2.09. The quantitative estimate of drug-likeness (QED) is 0.636. The number of halogens is 2. The normalized spacial score (nSPS) is 9.91. The number of amides is 2. The van der Waals surface area contributed by atoms with Gasteiger partial charge >= 0.3 is 6.03 Å². The fourth-order valence-corrected chi connectivity index (χ4v) is 1.88. The lowest BCUT2D eigenvalue weighted by molar-refractivity contribution is 0.252. The predicted molar refractivity (Wildman–Crippen MR) is 86.7 cm³/mol. The smallest absolute Gasteiger partial charge is 0.319 e. The van der Waals surface area contributed by atoms with Crippen LogP contribution in [0.1, 0.15) is 17.7 Å². The third-order valence-electron chi connectivity index (χ3n) is 3.00. The Morgan fingerprint density at radius 3 is 2.91 bits per heavy atom. The topological polar surface area (TPSA) is 95.8 Å². The number of H-pyrrole nitrogens is 1. The Morgan fingerprint density at radius 2 is 2.23 bits per heavy atom. The van der Waals surface area contributed by atoms with Gasteiger partial charge in [-0.1, -0.05) is 6.07 Å². The van der Waals surface area contributed by atoms with Crippen molar-refractivity contribution < 1.29 is 9.18 Å². The predicted octanol–water partition coefficient (Wildman–Crippen LogP) is 2.62. The second-order valence-electron chi connectivity index (χ2n) is 4.74. The molecule has 0 aliphatic carbocycles. The molecule has 2 amide bonds. The molecule has 2 rings (SSSR count). The molecule has 0 radical (unpaired) electrons. The summed E-state index contributed by atoms with van der Waals surface area (Å²) in [5, 5.41) is 5.34. The summed E-state index contributed by atoms with van der Waals surface area (Å²) in [5.74, 6) is 0.00464. The maximum absolute atomic E-state index is 13.1. The minimum atomic E-state index is -0.382. The summed E-state index contributed by atoms with van der Waals surface area (Å²) in [4.78, 5) is 18.5. The molecule has 1 heterocycles. The van der Waals surface area contributed by atoms with Gasteiger partial charge in [0.1, 0.15) is 5.82 Å². The van der Waals surface area contributed by atoms with Crippen LogP contribution in [0, 0.1) is 12.7 Å². The maximum Gasteiger partial charge on any atom is 0.319 e. The average Bonchev–Trinajstić information content (AvgIpc) is 2.85. The van der Waals surface area contributed by atoms with E-state index in [1.165, 1.54) is 12.1 Å². The van der Waals surface area contributed by atoms with Crippen LogP contribution in [0.15, 0.2) is 24.4 Å². The molecule has 1 aromatic carbocycles. The van der Waals surface area contributed by atoms with E-state index >= 15 is 0 Å². The molecule has 0 saturated heterocycles. The van der Waals surface area contributed by atoms with Crippen molar-refractivity contribution >= 4 is 30.1 Å². The molecule has 0 aliphatic heterocycles. The van der Waals surface area contributed by atoms with Crippen LogP contribution in [-0.2, 0) is 6.42 Å². The minimum absolute atomic E-state index is 0. The van der Waals surface area contributed by atoms with Crippen LogP contribution in [0.25, 0.3) is 0 Å². The van der Waals surface area contributed by atoms with Gasteiger partial charge in [0.25, 0.3) is 0 Å². The van der Waals surface area contributed by atoms with Gasteiger partial charge in [0.05, 0.1) is 6.20 Å². The number of aromatic amines is 1. The van der Waals surface area contributed by atoms with Gasteiger partial charge in [-0.15, -0.1) is 12.4 Å². The number of anilines is 2. The number of nitrogens with two attached hydrogens (primary N) is 1. The van der Waals surface area contributed by atoms with Gasteiger partial charge in [0.15, 0.2) is 5.95 Å². The van der Waals surface area contributed by atoms with E-state index in [0.29, 0.717) is 18.2 Å². The number of hydrogen-bond acceptors (Lipinski definition) is 3. The molecule has 2 aromatic rings. The van der Waals surface area contributed by atoms with Crippen LogP contribution in [0.4, 0.5) is 20.8 Å². The van der Waals surface area contributed by atoms with E-state index in [1.54, 1.807) is 19.2 Å². The van der Waals surface area contributed by atoms with E-state index in [1.807, 2.05) is 0 Å². The number of nitrogens with one attached hydrogen (secondary N) is 3. The number of urea groups is 1. The van der Waals surface area contributed by atoms with Crippen LogP contribution < -0.4 is 16.4 Å². The van der Waals surface area contributed by atoms with E-state index in [4.69, 9.17) is 5.73 Å². The maximum atomic E-state index is 13.1. The number of carbonyl (C=O) groups excluding carboxylic acids is 1. The molecule has 1 aromatic heterocycles. The van der Waals surface area contributed by atoms with Crippen molar-refractivity contribution in [2.45, 2.75) is 19.8 Å². The van der Waals surface area contributed by atoms with Crippen molar-refractivity contribution in [1.29, 1.82) is 0 Å². The van der Waals surface area contributed by atoms with E-state index in [9.17, 15) is 9.18 Å². The SMILES string of the molecule is Cc1ccc(F)cc1NC(=O)NCCCc1cnc(N)[nH]1.Cl. The number of nitrogens with zero attached hydrogens (tertiary/aromatic N) is 1. The number of nitrogen functional groups attached to an aromatic ring is 1. The van der Waals surface area contributed by atoms with Crippen molar-refractivity contribution in [2.75, 3.05) is 17.6 Å². The summed E-state index contributed by atoms with van der Waals surface area (Å²) in [6.45, 7) is 2.30. The van der Waals surface area contributed by atoms with Gasteiger partial charge in [-0.3, -0.25) is 0 Å². The minimum Gasteiger partial charge on any atom is -0.369 e. The Labute approximate surface area is 134 Å². The molecule has 120 valence electrons. The Bertz CT molecular complexity index is 631. The molecule has 0 spiro atoms. The molecule has 0 aliphatic rings. The number of hydrogen-bond donors (Lipinski definition) is 4. The molecule has 8 heteroatoms. The molecule has 22 heavy (non-hydrogen) atoms. The highest BCUT2D eigenvalue weighted by Gasteiger charge is 2.05. The first-order valence-corrected chi connectivity index (χ1v) is 6.65. The standard InChI is InChI=1S/C14H18FN5O.ClH/c1-9-4-5-10(15)7-12(9)20-14(21)17-6-2-3-11-8-18-13(16)19-11;/h4-5,7-8H,2-3,6H2,1H3,(H3,16,18,19)(H2,17,20,21);1H. The summed E-state index contributed by atoms with van der Waals surface area (Å²) >= 11 is 0. The van der Waals surface area contributed by atoms with Crippen LogP contribution in [-0.4, -0.2) is 22.5 Å². The number of aryl methyl sites for hydroxylation is 2. The lowest BCUT2D eigenvalue weighted by Crippen LogP contribution is -2.30. The van der Waals surface area contributed by atoms with Crippen molar-refractivity contribution in [3.05, 3.63) is 41.5 Å². The van der Waals surface area contributed by atoms with Crippen molar-refractivity contribution in [3.63, 3.8) is 0 Å². The van der Waals surface area contributed by atoms with Gasteiger partial charge in [-0.2, -0.15) is 0 Å². The molecule has 0 unspecified atom stereocenters. The fraction of sp³-hybridized carbons (Fsp3) is 0.286. The van der Waals surface area contributed by atoms with E-state index in [2.05, 4.69) is 20.6 Å². The highest BCUT2D eigenvalue weighted by atomic mass is 35.5. The zero-order valence-corrected chi connectivity index (χ0v) is 13.0. The zero-order chi connectivity index (χ0) is 15.2. The van der Waals surface area contributed by atoms with Gasteiger partial charge in [0.2, 0.25) is 0 Å². The molecule has 0 fully saturated rings. The van der Waals surface area contributed by atoms with Crippen LogP contribution in [0.5, 0.6) is 0 Å². The fourth-order valence-electron chi connectivity index (χ4n) is 1.88. The number of aromatic nitrogens is 2. The Morgan fingerprint density at radius 1 is 1.45 bits per heavy atom. The van der Waals surface area contributed by atoms with Crippen LogP contribution in [0.2, 0.25) is 0 Å². The third-order valence-corrected chi connectivity index (χ3v) is 3.00. The molecule has 5 N–H and O–H groups in total. The number of rotatable bonds is 5. The van der Waals surface area contributed by atoms with Gasteiger partial charge < -0.3 is 21.4 Å². The van der Waals surface area contributed by atoms with Gasteiger partial charge in [-0.25, -0.2) is 14.2 Å². The van der Waals surface area contributed by atoms with E-state index in [-0.39, 0.29) is 24.3 Å². The number of carbonyl (C=O) groups is 1.